The molecule has 2 rings (SSSR count). The lowest BCUT2D eigenvalue weighted by molar-refractivity contribution is 0.0918. The van der Waals surface area contributed by atoms with Crippen molar-refractivity contribution >= 4 is 17.7 Å². The molecule has 0 bridgehead atoms. The molecular formula is C14H16N2OS. The fourth-order valence-corrected chi connectivity index (χ4v) is 2.31. The third-order valence-corrected chi connectivity index (χ3v) is 3.71. The summed E-state index contributed by atoms with van der Waals surface area (Å²) in [5.74, 6) is -0.0449. The second kappa shape index (κ2) is 5.40. The van der Waals surface area contributed by atoms with Gasteiger partial charge in [-0.25, -0.2) is 4.68 Å². The Bertz CT molecular complexity index is 558. The molecule has 0 saturated heterocycles. The van der Waals surface area contributed by atoms with E-state index in [1.54, 1.807) is 18.0 Å². The number of rotatable bonds is 3. The van der Waals surface area contributed by atoms with Crippen molar-refractivity contribution in [1.29, 1.82) is 0 Å². The van der Waals surface area contributed by atoms with Crippen LogP contribution in [0.15, 0.2) is 35.4 Å². The summed E-state index contributed by atoms with van der Waals surface area (Å²) in [7, 11) is 0. The van der Waals surface area contributed by atoms with Gasteiger partial charge in [0.2, 0.25) is 5.91 Å². The molecule has 0 atom stereocenters. The molecule has 94 valence electrons. The Morgan fingerprint density at radius 1 is 1.33 bits per heavy atom. The molecule has 0 aliphatic heterocycles. The molecule has 0 fully saturated rings. The number of thioether (sulfide) groups is 1. The van der Waals surface area contributed by atoms with Gasteiger partial charge in [-0.15, -0.1) is 11.8 Å². The van der Waals surface area contributed by atoms with Crippen molar-refractivity contribution in [3.63, 3.8) is 0 Å². The summed E-state index contributed by atoms with van der Waals surface area (Å²) in [6.45, 7) is 3.46. The molecule has 0 amide bonds. The third kappa shape index (κ3) is 2.64. The third-order valence-electron chi connectivity index (χ3n) is 2.96. The summed E-state index contributed by atoms with van der Waals surface area (Å²) >= 11 is 1.73. The lowest BCUT2D eigenvalue weighted by atomic mass is 10.1. The molecule has 0 N–H and O–H groups in total. The zero-order valence-electron chi connectivity index (χ0n) is 10.8. The zero-order valence-corrected chi connectivity index (χ0v) is 11.6. The Hall–Kier alpha value is -1.55. The first-order valence-corrected chi connectivity index (χ1v) is 7.01. The van der Waals surface area contributed by atoms with E-state index in [2.05, 4.69) is 35.6 Å². The molecule has 2 aromatic rings. The van der Waals surface area contributed by atoms with Gasteiger partial charge in [0.15, 0.2) is 0 Å². The highest BCUT2D eigenvalue weighted by atomic mass is 32.2. The van der Waals surface area contributed by atoms with Crippen molar-refractivity contribution in [2.45, 2.75) is 25.2 Å². The van der Waals surface area contributed by atoms with Gasteiger partial charge in [0.25, 0.3) is 0 Å². The van der Waals surface area contributed by atoms with Crippen LogP contribution in [0.25, 0.3) is 0 Å². The molecule has 0 unspecified atom stereocenters. The number of nitrogens with zero attached hydrogens (tertiary/aromatic N) is 2. The van der Waals surface area contributed by atoms with Crippen molar-refractivity contribution in [3.8, 4) is 0 Å². The second-order valence-corrected chi connectivity index (χ2v) is 5.09. The zero-order chi connectivity index (χ0) is 13.1. The predicted molar refractivity (Wildman–Crippen MR) is 74.3 cm³/mol. The highest BCUT2D eigenvalue weighted by Crippen LogP contribution is 2.18. The van der Waals surface area contributed by atoms with Gasteiger partial charge in [0.1, 0.15) is 0 Å². The van der Waals surface area contributed by atoms with Gasteiger partial charge in [-0.2, -0.15) is 5.10 Å². The Kier molecular flexibility index (Phi) is 3.87. The first-order chi connectivity index (χ1) is 8.61. The minimum Gasteiger partial charge on any atom is -0.273 e. The monoisotopic (exact) mass is 260 g/mol. The average molecular weight is 260 g/mol. The van der Waals surface area contributed by atoms with Crippen LogP contribution in [-0.2, 0) is 6.42 Å². The molecule has 0 saturated carbocycles. The van der Waals surface area contributed by atoms with Crippen LogP contribution in [0.1, 0.15) is 28.5 Å². The van der Waals surface area contributed by atoms with Crippen molar-refractivity contribution in [2.24, 2.45) is 0 Å². The van der Waals surface area contributed by atoms with Gasteiger partial charge in [-0.3, -0.25) is 4.79 Å². The molecule has 3 nitrogen and oxygen atoms in total. The summed E-state index contributed by atoms with van der Waals surface area (Å²) in [6, 6.07) is 8.47. The van der Waals surface area contributed by atoms with Gasteiger partial charge in [0, 0.05) is 23.9 Å². The summed E-state index contributed by atoms with van der Waals surface area (Å²) in [5, 5.41) is 4.11. The largest absolute Gasteiger partial charge is 0.273 e. The van der Waals surface area contributed by atoms with E-state index < -0.39 is 0 Å². The summed E-state index contributed by atoms with van der Waals surface area (Å²) in [6.07, 6.45) is 4.66. The quantitative estimate of drug-likeness (QED) is 0.795. The Balaban J connectivity index is 2.20. The molecule has 1 aromatic heterocycles. The number of aromatic nitrogens is 2. The van der Waals surface area contributed by atoms with Gasteiger partial charge >= 0.3 is 0 Å². The summed E-state index contributed by atoms with van der Waals surface area (Å²) in [4.78, 5) is 12.6. The fraction of sp³-hybridized carbons (Fsp3) is 0.286. The standard InChI is InChI=1S/C14H16N2OS/c1-10-13(9-15-16(10)11(2)17)8-12-4-6-14(18-3)7-5-12/h4-7,9H,8H2,1-3H3. The predicted octanol–water partition coefficient (Wildman–Crippen LogP) is 3.16. The second-order valence-electron chi connectivity index (χ2n) is 4.21. The normalized spacial score (nSPS) is 10.6. The lowest BCUT2D eigenvalue weighted by Gasteiger charge is -2.03. The van der Waals surface area contributed by atoms with Crippen LogP contribution in [0, 0.1) is 6.92 Å². The highest BCUT2D eigenvalue weighted by molar-refractivity contribution is 7.98. The number of hydrogen-bond acceptors (Lipinski definition) is 3. The number of benzene rings is 1. The molecule has 0 spiro atoms. The molecule has 1 heterocycles. The van der Waals surface area contributed by atoms with E-state index in [0.29, 0.717) is 0 Å². The van der Waals surface area contributed by atoms with Crippen LogP contribution in [0.3, 0.4) is 0 Å². The van der Waals surface area contributed by atoms with E-state index >= 15 is 0 Å². The molecule has 0 aliphatic carbocycles. The van der Waals surface area contributed by atoms with Crippen LogP contribution in [0.4, 0.5) is 0 Å². The van der Waals surface area contributed by atoms with E-state index in [1.807, 2.05) is 6.92 Å². The van der Waals surface area contributed by atoms with E-state index in [0.717, 1.165) is 17.7 Å². The number of carbonyl (C=O) groups excluding carboxylic acids is 1. The van der Waals surface area contributed by atoms with E-state index in [4.69, 9.17) is 0 Å². The SMILES string of the molecule is CSc1ccc(Cc2cnn(C(C)=O)c2C)cc1. The van der Waals surface area contributed by atoms with E-state index in [-0.39, 0.29) is 5.91 Å². The van der Waals surface area contributed by atoms with Gasteiger partial charge in [0.05, 0.1) is 6.20 Å². The maximum Gasteiger partial charge on any atom is 0.243 e. The van der Waals surface area contributed by atoms with Crippen LogP contribution < -0.4 is 0 Å². The molecule has 18 heavy (non-hydrogen) atoms. The van der Waals surface area contributed by atoms with Crippen molar-refractivity contribution < 1.29 is 4.79 Å². The Morgan fingerprint density at radius 2 is 2.00 bits per heavy atom. The maximum absolute atomic E-state index is 11.3. The average Bonchev–Trinajstić information content (AvgIpc) is 2.72. The summed E-state index contributed by atoms with van der Waals surface area (Å²) in [5.41, 5.74) is 3.26. The van der Waals surface area contributed by atoms with Crippen LogP contribution in [-0.4, -0.2) is 21.9 Å². The minimum absolute atomic E-state index is 0.0449. The van der Waals surface area contributed by atoms with Gasteiger partial charge in [-0.1, -0.05) is 12.1 Å². The molecule has 0 radical (unpaired) electrons. The van der Waals surface area contributed by atoms with Gasteiger partial charge < -0.3 is 0 Å². The topological polar surface area (TPSA) is 34.9 Å². The van der Waals surface area contributed by atoms with Crippen LogP contribution in [0.2, 0.25) is 0 Å². The fourth-order valence-electron chi connectivity index (χ4n) is 1.90. The number of hydrogen-bond donors (Lipinski definition) is 0. The Labute approximate surface area is 111 Å². The summed E-state index contributed by atoms with van der Waals surface area (Å²) < 4.78 is 1.45. The maximum atomic E-state index is 11.3. The highest BCUT2D eigenvalue weighted by Gasteiger charge is 2.09. The van der Waals surface area contributed by atoms with Gasteiger partial charge in [-0.05, 0) is 36.4 Å². The smallest absolute Gasteiger partial charge is 0.243 e. The molecule has 0 aliphatic rings. The molecule has 1 aromatic carbocycles. The minimum atomic E-state index is -0.0449. The first kappa shape index (κ1) is 12.9. The Morgan fingerprint density at radius 3 is 2.50 bits per heavy atom. The molecule has 4 heteroatoms. The van der Waals surface area contributed by atoms with Crippen LogP contribution in [0.5, 0.6) is 0 Å². The first-order valence-electron chi connectivity index (χ1n) is 5.79. The lowest BCUT2D eigenvalue weighted by Crippen LogP contribution is -2.09. The van der Waals surface area contributed by atoms with E-state index in [9.17, 15) is 4.79 Å². The van der Waals surface area contributed by atoms with Crippen molar-refractivity contribution in [3.05, 3.63) is 47.3 Å². The van der Waals surface area contributed by atoms with Crippen LogP contribution >= 0.6 is 11.8 Å². The number of carbonyl (C=O) groups is 1. The van der Waals surface area contributed by atoms with E-state index in [1.165, 1.54) is 22.1 Å². The molecular weight excluding hydrogens is 244 g/mol. The van der Waals surface area contributed by atoms with Crippen molar-refractivity contribution in [2.75, 3.05) is 6.26 Å². The van der Waals surface area contributed by atoms with Crippen molar-refractivity contribution in [1.82, 2.24) is 9.78 Å².